The molecule has 0 radical (unpaired) electrons. The number of hydrogen-bond donors (Lipinski definition) is 0. The van der Waals surface area contributed by atoms with Crippen LogP contribution in [0.4, 0.5) is 0 Å². The number of carbonyl (C=O) groups is 1. The first-order chi connectivity index (χ1) is 14.0. The summed E-state index contributed by atoms with van der Waals surface area (Å²) in [7, 11) is -3.41. The summed E-state index contributed by atoms with van der Waals surface area (Å²) in [5, 5.41) is 1.31. The molecule has 2 aromatic rings. The van der Waals surface area contributed by atoms with Crippen molar-refractivity contribution < 1.29 is 23.2 Å². The van der Waals surface area contributed by atoms with Gasteiger partial charge in [0, 0.05) is 13.5 Å². The Hall–Kier alpha value is -1.98. The molecule has 0 heterocycles. The summed E-state index contributed by atoms with van der Waals surface area (Å²) in [6.45, 7) is 6.14. The lowest BCUT2D eigenvalue weighted by molar-refractivity contribution is -0.189. The molecule has 29 heavy (non-hydrogen) atoms. The van der Waals surface area contributed by atoms with Crippen LogP contribution in [-0.2, 0) is 29.9 Å². The van der Waals surface area contributed by atoms with Crippen molar-refractivity contribution in [3.63, 3.8) is 0 Å². The van der Waals surface area contributed by atoms with Crippen molar-refractivity contribution in [3.8, 4) is 0 Å². The van der Waals surface area contributed by atoms with Crippen LogP contribution in [0.1, 0.15) is 44.0 Å². The summed E-state index contributed by atoms with van der Waals surface area (Å²) in [5.74, 6) is -0.213. The van der Waals surface area contributed by atoms with Gasteiger partial charge >= 0.3 is 7.60 Å². The van der Waals surface area contributed by atoms with E-state index in [9.17, 15) is 9.36 Å². The van der Waals surface area contributed by atoms with Crippen molar-refractivity contribution in [2.45, 2.75) is 39.5 Å². The van der Waals surface area contributed by atoms with Gasteiger partial charge in [-0.1, -0.05) is 60.7 Å². The minimum Gasteiger partial charge on any atom is -0.308 e. The molecule has 0 aliphatic carbocycles. The van der Waals surface area contributed by atoms with Crippen LogP contribution in [0.5, 0.6) is 0 Å². The zero-order valence-corrected chi connectivity index (χ0v) is 18.2. The molecular weight excluding hydrogens is 389 g/mol. The van der Waals surface area contributed by atoms with Gasteiger partial charge in [-0.15, -0.1) is 0 Å². The third kappa shape index (κ3) is 7.09. The van der Waals surface area contributed by atoms with Gasteiger partial charge in [0.05, 0.1) is 18.9 Å². The molecule has 1 unspecified atom stereocenters. The van der Waals surface area contributed by atoms with Gasteiger partial charge in [-0.05, 0) is 31.4 Å². The maximum absolute atomic E-state index is 13.5. The van der Waals surface area contributed by atoms with Crippen LogP contribution in [0.15, 0.2) is 60.7 Å². The van der Waals surface area contributed by atoms with Crippen molar-refractivity contribution in [2.24, 2.45) is 0 Å². The van der Waals surface area contributed by atoms with Gasteiger partial charge in [-0.3, -0.25) is 14.2 Å². The Morgan fingerprint density at radius 3 is 2.03 bits per heavy atom. The summed E-state index contributed by atoms with van der Waals surface area (Å²) >= 11 is 0. The highest BCUT2D eigenvalue weighted by Gasteiger charge is 2.37. The molecule has 1 atom stereocenters. The largest absolute Gasteiger partial charge is 0.338 e. The first-order valence-corrected chi connectivity index (χ1v) is 11.5. The summed E-state index contributed by atoms with van der Waals surface area (Å²) in [4.78, 5) is 17.8. The van der Waals surface area contributed by atoms with Crippen LogP contribution in [0.3, 0.4) is 0 Å². The average Bonchev–Trinajstić information content (AvgIpc) is 2.72. The number of benzene rings is 2. The smallest absolute Gasteiger partial charge is 0.308 e. The van der Waals surface area contributed by atoms with Gasteiger partial charge in [0.15, 0.2) is 0 Å². The lowest BCUT2D eigenvalue weighted by Crippen LogP contribution is -2.31. The fourth-order valence-corrected chi connectivity index (χ4v) is 5.16. The lowest BCUT2D eigenvalue weighted by Gasteiger charge is -2.29. The molecule has 0 saturated carbocycles. The van der Waals surface area contributed by atoms with E-state index in [1.165, 1.54) is 12.0 Å². The Bertz CT molecular complexity index is 774. The highest BCUT2D eigenvalue weighted by molar-refractivity contribution is 7.54. The second-order valence-electron chi connectivity index (χ2n) is 6.47. The highest BCUT2D eigenvalue weighted by atomic mass is 31.2. The standard InChI is InChI=1S/C22H30NO5P/c1-4-27-29(25,28-5-2)22(21-14-10-7-11-15-21)16-17-23(19(3)24)26-18-20-12-8-6-9-13-20/h6-15,22H,4-5,16-18H2,1-3H3. The molecule has 0 aromatic heterocycles. The Balaban J connectivity index is 2.15. The summed E-state index contributed by atoms with van der Waals surface area (Å²) in [5.41, 5.74) is 1.32. The van der Waals surface area contributed by atoms with Crippen molar-refractivity contribution in [2.75, 3.05) is 19.8 Å². The average molecular weight is 419 g/mol. The molecule has 2 aromatic carbocycles. The van der Waals surface area contributed by atoms with Crippen LogP contribution >= 0.6 is 7.60 Å². The van der Waals surface area contributed by atoms with Gasteiger partial charge in [0.2, 0.25) is 5.91 Å². The number of amides is 1. The van der Waals surface area contributed by atoms with E-state index >= 15 is 0 Å². The first kappa shape index (κ1) is 23.3. The zero-order chi connectivity index (χ0) is 21.1. The number of carbonyl (C=O) groups excluding carboxylic acids is 1. The summed E-state index contributed by atoms with van der Waals surface area (Å²) < 4.78 is 24.7. The van der Waals surface area contributed by atoms with Crippen molar-refractivity contribution >= 4 is 13.5 Å². The summed E-state index contributed by atoms with van der Waals surface area (Å²) in [6.07, 6.45) is 0.385. The quantitative estimate of drug-likeness (QED) is 0.342. The van der Waals surface area contributed by atoms with Crippen molar-refractivity contribution in [3.05, 3.63) is 71.8 Å². The van der Waals surface area contributed by atoms with E-state index in [-0.39, 0.29) is 32.3 Å². The van der Waals surface area contributed by atoms with Crippen LogP contribution in [0, 0.1) is 0 Å². The second kappa shape index (κ2) is 11.9. The minimum absolute atomic E-state index is 0.213. The molecule has 0 spiro atoms. The molecular formula is C22H30NO5P. The van der Waals surface area contributed by atoms with Gasteiger partial charge in [0.1, 0.15) is 6.61 Å². The van der Waals surface area contributed by atoms with E-state index < -0.39 is 13.3 Å². The van der Waals surface area contributed by atoms with Crippen molar-refractivity contribution in [1.29, 1.82) is 0 Å². The van der Waals surface area contributed by atoms with Crippen LogP contribution < -0.4 is 0 Å². The van der Waals surface area contributed by atoms with E-state index in [4.69, 9.17) is 13.9 Å². The Kier molecular flexibility index (Phi) is 9.55. The topological polar surface area (TPSA) is 65.1 Å². The molecule has 0 aliphatic heterocycles. The SMILES string of the molecule is CCOP(=O)(OCC)C(CCN(OCc1ccccc1)C(C)=O)c1ccccc1. The van der Waals surface area contributed by atoms with Gasteiger partial charge in [0.25, 0.3) is 0 Å². The molecule has 0 N–H and O–H groups in total. The van der Waals surface area contributed by atoms with Crippen LogP contribution in [0.2, 0.25) is 0 Å². The first-order valence-electron chi connectivity index (χ1n) is 9.88. The lowest BCUT2D eigenvalue weighted by atomic mass is 10.1. The molecule has 0 saturated heterocycles. The number of hydroxylamine groups is 2. The Labute approximate surface area is 173 Å². The number of hydrogen-bond acceptors (Lipinski definition) is 5. The molecule has 0 aliphatic rings. The van der Waals surface area contributed by atoms with Gasteiger partial charge in [-0.2, -0.15) is 0 Å². The van der Waals surface area contributed by atoms with E-state index in [1.807, 2.05) is 60.7 Å². The van der Waals surface area contributed by atoms with Gasteiger partial charge in [-0.25, -0.2) is 5.06 Å². The normalized spacial score (nSPS) is 12.5. The zero-order valence-electron chi connectivity index (χ0n) is 17.3. The fraction of sp³-hybridized carbons (Fsp3) is 0.409. The number of rotatable bonds is 12. The van der Waals surface area contributed by atoms with E-state index in [0.29, 0.717) is 6.42 Å². The molecule has 7 heteroatoms. The molecule has 158 valence electrons. The van der Waals surface area contributed by atoms with Crippen molar-refractivity contribution in [1.82, 2.24) is 5.06 Å². The molecule has 2 rings (SSSR count). The maximum Gasteiger partial charge on any atom is 0.338 e. The fourth-order valence-electron chi connectivity index (χ4n) is 3.04. The predicted octanol–water partition coefficient (Wildman–Crippen LogP) is 5.36. The minimum atomic E-state index is -3.41. The van der Waals surface area contributed by atoms with E-state index in [2.05, 4.69) is 0 Å². The monoisotopic (exact) mass is 419 g/mol. The summed E-state index contributed by atoms with van der Waals surface area (Å²) in [6, 6.07) is 19.1. The van der Waals surface area contributed by atoms with Crippen LogP contribution in [-0.4, -0.2) is 30.7 Å². The Morgan fingerprint density at radius 1 is 0.966 bits per heavy atom. The highest BCUT2D eigenvalue weighted by Crippen LogP contribution is 2.62. The number of nitrogens with zero attached hydrogens (tertiary/aromatic N) is 1. The molecule has 0 fully saturated rings. The predicted molar refractivity (Wildman–Crippen MR) is 113 cm³/mol. The molecule has 6 nitrogen and oxygen atoms in total. The van der Waals surface area contributed by atoms with E-state index in [0.717, 1.165) is 11.1 Å². The maximum atomic E-state index is 13.5. The second-order valence-corrected chi connectivity index (χ2v) is 8.69. The van der Waals surface area contributed by atoms with Gasteiger partial charge < -0.3 is 9.05 Å². The van der Waals surface area contributed by atoms with E-state index in [1.54, 1.807) is 13.8 Å². The van der Waals surface area contributed by atoms with Crippen LogP contribution in [0.25, 0.3) is 0 Å². The third-order valence-corrected chi connectivity index (χ3v) is 6.93. The Morgan fingerprint density at radius 2 is 1.52 bits per heavy atom. The molecule has 0 bridgehead atoms. The molecule has 1 amide bonds. The third-order valence-electron chi connectivity index (χ3n) is 4.37.